The summed E-state index contributed by atoms with van der Waals surface area (Å²) in [5.74, 6) is -1.52. The Morgan fingerprint density at radius 1 is 0.449 bits per heavy atom. The second kappa shape index (κ2) is 54.1. The molecular formula is C73H133O24P. The van der Waals surface area contributed by atoms with Crippen LogP contribution in [-0.2, 0) is 61.2 Å². The van der Waals surface area contributed by atoms with Gasteiger partial charge in [0.2, 0.25) is 0 Å². The van der Waals surface area contributed by atoms with Crippen LogP contribution in [0.25, 0.3) is 0 Å². The quantitative estimate of drug-likeness (QED) is 0.00673. The molecule has 0 radical (unpaired) electrons. The predicted octanol–water partition coefficient (Wildman–Crippen LogP) is 10.4. The van der Waals surface area contributed by atoms with Gasteiger partial charge in [0.1, 0.15) is 98.7 Å². The first-order valence-electron chi connectivity index (χ1n) is 38.1. The van der Waals surface area contributed by atoms with Crippen LogP contribution in [0.5, 0.6) is 0 Å². The molecule has 0 spiro atoms. The number of rotatable bonds is 58. The molecule has 574 valence electrons. The molecule has 0 aromatic carbocycles. The third kappa shape index (κ3) is 37.2. The number of allylic oxidation sites excluding steroid dienone is 3. The van der Waals surface area contributed by atoms with Crippen molar-refractivity contribution in [1.29, 1.82) is 0 Å². The van der Waals surface area contributed by atoms with E-state index in [0.29, 0.717) is 18.8 Å². The number of ether oxygens (including phenoxy) is 7. The van der Waals surface area contributed by atoms with Gasteiger partial charge in [0.15, 0.2) is 18.7 Å². The standard InChI is InChI=1S/C73H133O24P/c1-5-8-11-14-17-19-21-23-24-25-27-28-30-36-42-47-58(76)90-52-56-61(79)63(81)68(86)73(94-56)96-70-66(84)64(82)65(83)69(95-72-67(85)62(80)60(78)55(49-74)93-72)71(70)97-98(87,88)91-51-54(92-59(77)48-43-38-31-29-26-22-20-18-15-12-9-6-2)50-89-57(75)46-41-37-33-32-35-40-45-53(4)44-39-34-16-13-10-7-3/h30,36,42,47,53-56,60-74,78-86H,5-29,31-35,37-41,43-46,48-52H2,1-4H3,(H,87,88)/b36-30+,47-42+. The number of phosphoric acid groups is 1. The second-order valence-corrected chi connectivity index (χ2v) is 29.1. The fourth-order valence-corrected chi connectivity index (χ4v) is 13.6. The van der Waals surface area contributed by atoms with Crippen molar-refractivity contribution in [1.82, 2.24) is 0 Å². The van der Waals surface area contributed by atoms with E-state index in [4.69, 9.17) is 42.2 Å². The minimum atomic E-state index is -5.70. The molecule has 24 nitrogen and oxygen atoms in total. The second-order valence-electron chi connectivity index (χ2n) is 27.7. The summed E-state index contributed by atoms with van der Waals surface area (Å²) in [6.07, 6.45) is 13.1. The summed E-state index contributed by atoms with van der Waals surface area (Å²) < 4.78 is 64.8. The zero-order chi connectivity index (χ0) is 71.9. The SMILES string of the molecule is CCCCCCCCCCCCC/C=C/C=C/C(=O)OCC1OC(OC2C(O)C(O)C(O)C(OC3OC(CO)C(O)C(O)C3O)C2OP(=O)(O)OCC(COC(=O)CCCCCCCCC(C)CCCCCCCC)OC(=O)CCCCCCCCCCCCCC)C(O)C(O)C1O. The summed E-state index contributed by atoms with van der Waals surface area (Å²) in [7, 11) is -5.70. The zero-order valence-electron chi connectivity index (χ0n) is 60.0. The largest absolute Gasteiger partial charge is 0.472 e. The lowest BCUT2D eigenvalue weighted by atomic mass is 9.84. The van der Waals surface area contributed by atoms with Crippen LogP contribution >= 0.6 is 7.82 Å². The number of unbranched alkanes of at least 4 members (excludes halogenated alkanes) is 32. The van der Waals surface area contributed by atoms with Gasteiger partial charge in [-0.15, -0.1) is 0 Å². The molecular weight excluding hydrogens is 1290 g/mol. The van der Waals surface area contributed by atoms with E-state index < -0.39 is 156 Å². The Bertz CT molecular complexity index is 2140. The third-order valence-electron chi connectivity index (χ3n) is 19.0. The van der Waals surface area contributed by atoms with Crippen molar-refractivity contribution in [3.05, 3.63) is 24.3 Å². The maximum absolute atomic E-state index is 14.3. The lowest BCUT2D eigenvalue weighted by molar-refractivity contribution is -0.360. The molecule has 2 saturated heterocycles. The van der Waals surface area contributed by atoms with Crippen LogP contribution in [0.1, 0.15) is 285 Å². The summed E-state index contributed by atoms with van der Waals surface area (Å²) >= 11 is 0. The highest BCUT2D eigenvalue weighted by Crippen LogP contribution is 2.49. The van der Waals surface area contributed by atoms with Crippen molar-refractivity contribution >= 4 is 25.7 Å². The number of aliphatic hydroxyl groups is 10. The van der Waals surface area contributed by atoms with Crippen molar-refractivity contribution in [2.45, 2.75) is 389 Å². The minimum absolute atomic E-state index is 0.0400. The van der Waals surface area contributed by atoms with E-state index in [-0.39, 0.29) is 12.8 Å². The number of carbonyl (C=O) groups excluding carboxylic acids is 3. The van der Waals surface area contributed by atoms with Gasteiger partial charge in [-0.05, 0) is 31.6 Å². The van der Waals surface area contributed by atoms with Gasteiger partial charge < -0.3 is 89.1 Å². The maximum atomic E-state index is 14.3. The number of esters is 3. The number of hydrogen-bond donors (Lipinski definition) is 11. The third-order valence-corrected chi connectivity index (χ3v) is 20.0. The van der Waals surface area contributed by atoms with Crippen LogP contribution in [0.2, 0.25) is 0 Å². The van der Waals surface area contributed by atoms with Crippen LogP contribution in [0.3, 0.4) is 0 Å². The van der Waals surface area contributed by atoms with Gasteiger partial charge >= 0.3 is 25.7 Å². The van der Waals surface area contributed by atoms with Crippen LogP contribution in [-0.4, -0.2) is 204 Å². The van der Waals surface area contributed by atoms with Crippen molar-refractivity contribution in [3.63, 3.8) is 0 Å². The van der Waals surface area contributed by atoms with Gasteiger partial charge in [0.05, 0.1) is 13.2 Å². The molecule has 2 aliphatic heterocycles. The summed E-state index contributed by atoms with van der Waals surface area (Å²) in [6.45, 7) is 5.68. The average Bonchev–Trinajstić information content (AvgIpc) is 0.762. The maximum Gasteiger partial charge on any atom is 0.472 e. The molecule has 25 heteroatoms. The molecule has 19 atom stereocenters. The molecule has 1 aliphatic carbocycles. The molecule has 0 aromatic rings. The van der Waals surface area contributed by atoms with Gasteiger partial charge in [-0.2, -0.15) is 0 Å². The van der Waals surface area contributed by atoms with Crippen LogP contribution < -0.4 is 0 Å². The van der Waals surface area contributed by atoms with E-state index >= 15 is 0 Å². The Morgan fingerprint density at radius 3 is 1.31 bits per heavy atom. The lowest BCUT2D eigenvalue weighted by Gasteiger charge is -2.49. The van der Waals surface area contributed by atoms with E-state index in [0.717, 1.165) is 96.0 Å². The Labute approximate surface area is 585 Å². The summed E-state index contributed by atoms with van der Waals surface area (Å²) in [4.78, 5) is 50.9. The first-order chi connectivity index (χ1) is 47.2. The molecule has 2 heterocycles. The molecule has 0 bridgehead atoms. The first kappa shape index (κ1) is 89.7. The van der Waals surface area contributed by atoms with Crippen LogP contribution in [0, 0.1) is 5.92 Å². The zero-order valence-corrected chi connectivity index (χ0v) is 60.9. The smallest absolute Gasteiger partial charge is 0.462 e. The molecule has 3 aliphatic rings. The lowest BCUT2D eigenvalue weighted by Crippen LogP contribution is -2.69. The number of hydrogen-bond acceptors (Lipinski definition) is 23. The van der Waals surface area contributed by atoms with Gasteiger partial charge in [-0.3, -0.25) is 18.6 Å². The summed E-state index contributed by atoms with van der Waals surface area (Å²) in [5, 5.41) is 110. The van der Waals surface area contributed by atoms with Gasteiger partial charge in [-0.25, -0.2) is 9.36 Å². The van der Waals surface area contributed by atoms with Crippen molar-refractivity contribution in [3.8, 4) is 0 Å². The highest BCUT2D eigenvalue weighted by molar-refractivity contribution is 7.47. The molecule has 0 amide bonds. The normalized spacial score (nSPS) is 28.1. The fourth-order valence-electron chi connectivity index (χ4n) is 12.7. The van der Waals surface area contributed by atoms with E-state index in [1.54, 1.807) is 6.08 Å². The minimum Gasteiger partial charge on any atom is -0.462 e. The first-order valence-corrected chi connectivity index (χ1v) is 39.5. The van der Waals surface area contributed by atoms with Crippen LogP contribution in [0.4, 0.5) is 0 Å². The number of phosphoric ester groups is 1. The van der Waals surface area contributed by atoms with E-state index in [2.05, 4.69) is 27.7 Å². The van der Waals surface area contributed by atoms with E-state index in [1.165, 1.54) is 147 Å². The molecule has 0 aromatic heterocycles. The predicted molar refractivity (Wildman–Crippen MR) is 370 cm³/mol. The molecule has 98 heavy (non-hydrogen) atoms. The van der Waals surface area contributed by atoms with Crippen molar-refractivity contribution in [2.75, 3.05) is 26.4 Å². The molecule has 1 saturated carbocycles. The van der Waals surface area contributed by atoms with E-state index in [1.807, 2.05) is 6.08 Å². The number of carbonyl (C=O) groups is 3. The van der Waals surface area contributed by atoms with Crippen molar-refractivity contribution < 1.29 is 117 Å². The number of aliphatic hydroxyl groups excluding tert-OH is 10. The summed E-state index contributed by atoms with van der Waals surface area (Å²) in [6, 6.07) is 0. The fraction of sp³-hybridized carbons (Fsp3) is 0.904. The monoisotopic (exact) mass is 1420 g/mol. The Hall–Kier alpha value is -2.56. The molecule has 19 unspecified atom stereocenters. The topological polar surface area (TPSA) is 374 Å². The van der Waals surface area contributed by atoms with Gasteiger partial charge in [0, 0.05) is 18.9 Å². The Balaban J connectivity index is 1.75. The Morgan fingerprint density at radius 2 is 0.847 bits per heavy atom. The molecule has 11 N–H and O–H groups in total. The molecule has 3 fully saturated rings. The summed E-state index contributed by atoms with van der Waals surface area (Å²) in [5.41, 5.74) is 0. The van der Waals surface area contributed by atoms with Gasteiger partial charge in [-0.1, -0.05) is 264 Å². The molecule has 3 rings (SSSR count). The highest BCUT2D eigenvalue weighted by Gasteiger charge is 2.58. The highest BCUT2D eigenvalue weighted by atomic mass is 31.2. The van der Waals surface area contributed by atoms with E-state index in [9.17, 15) is 74.9 Å². The van der Waals surface area contributed by atoms with Crippen molar-refractivity contribution in [2.24, 2.45) is 5.92 Å². The van der Waals surface area contributed by atoms with Crippen LogP contribution in [0.15, 0.2) is 24.3 Å². The van der Waals surface area contributed by atoms with Gasteiger partial charge in [0.25, 0.3) is 0 Å². The average molecular weight is 1430 g/mol. The Kier molecular flexibility index (Phi) is 49.5.